The van der Waals surface area contributed by atoms with Gasteiger partial charge in [-0.15, -0.1) is 0 Å². The van der Waals surface area contributed by atoms with Crippen LogP contribution in [0.4, 0.5) is 0 Å². The molecule has 2 heteroatoms. The topological polar surface area (TPSA) is 6.48 Å². The van der Waals surface area contributed by atoms with Crippen molar-refractivity contribution in [2.75, 3.05) is 19.8 Å². The van der Waals surface area contributed by atoms with Gasteiger partial charge < -0.3 is 9.80 Å². The minimum absolute atomic E-state index is 1.14. The molecule has 0 aromatic rings. The Morgan fingerprint density at radius 3 is 0.806 bits per heavy atom. The average Bonchev–Trinajstić information content (AvgIpc) is 3.34. The summed E-state index contributed by atoms with van der Waals surface area (Å²) in [7, 11) is 0. The lowest BCUT2D eigenvalue weighted by Gasteiger charge is -2.21. The van der Waals surface area contributed by atoms with Crippen LogP contribution in [-0.4, -0.2) is 29.6 Å². The smallest absolute Gasteiger partial charge is 0.0893 e. The van der Waals surface area contributed by atoms with Gasteiger partial charge >= 0.3 is 0 Å². The van der Waals surface area contributed by atoms with E-state index in [1.54, 1.807) is 0 Å². The van der Waals surface area contributed by atoms with Gasteiger partial charge in [0.2, 0.25) is 0 Å². The van der Waals surface area contributed by atoms with Gasteiger partial charge in [-0.1, -0.05) is 174 Å². The van der Waals surface area contributed by atoms with E-state index in [2.05, 4.69) is 36.0 Å². The highest BCUT2D eigenvalue weighted by Gasteiger charge is 2.11. The summed E-state index contributed by atoms with van der Waals surface area (Å²) in [4.78, 5) is 5.06. The normalized spacial score (nSPS) is 13.4. The predicted octanol–water partition coefficient (Wildman–Crippen LogP) is 11.6. The molecule has 0 bridgehead atoms. The van der Waals surface area contributed by atoms with Crippen molar-refractivity contribution >= 4 is 0 Å². The zero-order valence-corrected chi connectivity index (χ0v) is 25.3. The molecule has 214 valence electrons. The zero-order chi connectivity index (χ0) is 25.8. The van der Waals surface area contributed by atoms with E-state index >= 15 is 0 Å². The van der Waals surface area contributed by atoms with E-state index in [1.807, 2.05) is 0 Å². The van der Waals surface area contributed by atoms with E-state index in [-0.39, 0.29) is 0 Å². The Morgan fingerprint density at radius 2 is 0.556 bits per heavy atom. The molecular formula is C34H68N2. The maximum Gasteiger partial charge on any atom is 0.0893 e. The maximum atomic E-state index is 2.53. The fraction of sp³-hybridized carbons (Fsp3) is 0.941. The molecule has 0 radical (unpaired) electrons. The van der Waals surface area contributed by atoms with Crippen molar-refractivity contribution in [2.24, 2.45) is 0 Å². The third-order valence-corrected chi connectivity index (χ3v) is 8.20. The van der Waals surface area contributed by atoms with Gasteiger partial charge in [0, 0.05) is 25.5 Å². The number of nitrogens with zero attached hydrogens (tertiary/aromatic N) is 2. The second-order valence-electron chi connectivity index (χ2n) is 11.9. The molecule has 0 amide bonds. The average molecular weight is 505 g/mol. The van der Waals surface area contributed by atoms with E-state index in [4.69, 9.17) is 0 Å². The first-order valence-corrected chi connectivity index (χ1v) is 17.0. The first kappa shape index (κ1) is 33.4. The molecule has 1 aliphatic rings. The lowest BCUT2D eigenvalue weighted by Crippen LogP contribution is -2.26. The lowest BCUT2D eigenvalue weighted by atomic mass is 10.0. The fourth-order valence-electron chi connectivity index (χ4n) is 5.65. The molecule has 0 fully saturated rings. The van der Waals surface area contributed by atoms with Crippen LogP contribution in [0.1, 0.15) is 187 Å². The van der Waals surface area contributed by atoms with Crippen molar-refractivity contribution in [2.45, 2.75) is 187 Å². The standard InChI is InChI=1S/C34H68N2/c1-3-5-7-9-11-13-15-16-17-18-19-21-23-25-27-29-31-36-33-32-35(34-36)30-28-26-24-22-20-14-12-10-8-6-4-2/h32-33H,3-31,34H2,1-2H3. The van der Waals surface area contributed by atoms with Crippen molar-refractivity contribution in [1.29, 1.82) is 0 Å². The Balaban J connectivity index is 1.75. The number of hydrogen-bond acceptors (Lipinski definition) is 2. The second kappa shape index (κ2) is 27.4. The molecule has 1 aliphatic heterocycles. The third kappa shape index (κ3) is 22.5. The third-order valence-electron chi connectivity index (χ3n) is 8.20. The molecule has 0 aromatic carbocycles. The van der Waals surface area contributed by atoms with E-state index in [0.29, 0.717) is 0 Å². The van der Waals surface area contributed by atoms with Crippen molar-refractivity contribution in [3.05, 3.63) is 12.4 Å². The van der Waals surface area contributed by atoms with Gasteiger partial charge in [0.15, 0.2) is 0 Å². The van der Waals surface area contributed by atoms with Crippen LogP contribution < -0.4 is 0 Å². The van der Waals surface area contributed by atoms with Gasteiger partial charge in [-0.25, -0.2) is 0 Å². The van der Waals surface area contributed by atoms with Gasteiger partial charge in [-0.2, -0.15) is 0 Å². The van der Waals surface area contributed by atoms with Crippen molar-refractivity contribution in [3.8, 4) is 0 Å². The summed E-state index contributed by atoms with van der Waals surface area (Å²) in [6, 6.07) is 0. The van der Waals surface area contributed by atoms with Crippen LogP contribution in [0.25, 0.3) is 0 Å². The molecule has 2 nitrogen and oxygen atoms in total. The summed E-state index contributed by atoms with van der Waals surface area (Å²) in [5.74, 6) is 0. The highest BCUT2D eigenvalue weighted by Crippen LogP contribution is 2.16. The molecule has 0 N–H and O–H groups in total. The van der Waals surface area contributed by atoms with E-state index in [0.717, 1.165) is 6.67 Å². The quantitative estimate of drug-likeness (QED) is 0.0934. The van der Waals surface area contributed by atoms with Gasteiger partial charge in [0.25, 0.3) is 0 Å². The van der Waals surface area contributed by atoms with Crippen LogP contribution >= 0.6 is 0 Å². The van der Waals surface area contributed by atoms with Crippen LogP contribution in [-0.2, 0) is 0 Å². The predicted molar refractivity (Wildman–Crippen MR) is 163 cm³/mol. The minimum atomic E-state index is 1.14. The minimum Gasteiger partial charge on any atom is -0.359 e. The van der Waals surface area contributed by atoms with Crippen molar-refractivity contribution in [1.82, 2.24) is 9.80 Å². The van der Waals surface area contributed by atoms with Gasteiger partial charge in [-0.3, -0.25) is 0 Å². The summed E-state index contributed by atoms with van der Waals surface area (Å²) in [5.41, 5.74) is 0. The van der Waals surface area contributed by atoms with Crippen LogP contribution in [0.15, 0.2) is 12.4 Å². The maximum absolute atomic E-state index is 2.53. The molecule has 0 saturated carbocycles. The summed E-state index contributed by atoms with van der Waals surface area (Å²) >= 11 is 0. The molecule has 0 aliphatic carbocycles. The van der Waals surface area contributed by atoms with Crippen LogP contribution in [0.3, 0.4) is 0 Å². The van der Waals surface area contributed by atoms with Crippen molar-refractivity contribution in [3.63, 3.8) is 0 Å². The van der Waals surface area contributed by atoms with Crippen LogP contribution in [0, 0.1) is 0 Å². The number of unbranched alkanes of at least 4 members (excludes halogenated alkanes) is 25. The molecule has 0 saturated heterocycles. The van der Waals surface area contributed by atoms with E-state index < -0.39 is 0 Å². The first-order valence-electron chi connectivity index (χ1n) is 17.0. The summed E-state index contributed by atoms with van der Waals surface area (Å²) in [6.07, 6.45) is 43.7. The fourth-order valence-corrected chi connectivity index (χ4v) is 5.65. The van der Waals surface area contributed by atoms with Crippen molar-refractivity contribution < 1.29 is 0 Å². The second-order valence-corrected chi connectivity index (χ2v) is 11.9. The van der Waals surface area contributed by atoms with E-state index in [9.17, 15) is 0 Å². The molecule has 1 heterocycles. The van der Waals surface area contributed by atoms with Gasteiger partial charge in [0.05, 0.1) is 6.67 Å². The number of rotatable bonds is 29. The molecule has 1 rings (SSSR count). The van der Waals surface area contributed by atoms with Gasteiger partial charge in [-0.05, 0) is 12.8 Å². The number of hydrogen-bond donors (Lipinski definition) is 0. The van der Waals surface area contributed by atoms with E-state index in [1.165, 1.54) is 186 Å². The molecule has 0 unspecified atom stereocenters. The molecule has 0 atom stereocenters. The Kier molecular flexibility index (Phi) is 25.4. The van der Waals surface area contributed by atoms with Crippen LogP contribution in [0.5, 0.6) is 0 Å². The monoisotopic (exact) mass is 505 g/mol. The molecule has 36 heavy (non-hydrogen) atoms. The Morgan fingerprint density at radius 1 is 0.333 bits per heavy atom. The Labute approximate surface area is 229 Å². The zero-order valence-electron chi connectivity index (χ0n) is 25.3. The first-order chi connectivity index (χ1) is 17.9. The highest BCUT2D eigenvalue weighted by molar-refractivity contribution is 4.90. The highest BCUT2D eigenvalue weighted by atomic mass is 15.3. The summed E-state index contributed by atoms with van der Waals surface area (Å²) in [5, 5.41) is 0. The summed E-state index contributed by atoms with van der Waals surface area (Å²) in [6.45, 7) is 8.25. The SMILES string of the molecule is CCCCCCCCCCCCCCCCCCN1C=CN(CCCCCCCCCCCCC)C1. The molecule has 0 aromatic heterocycles. The molecular weight excluding hydrogens is 436 g/mol. The van der Waals surface area contributed by atoms with Gasteiger partial charge in [0.1, 0.15) is 0 Å². The Hall–Kier alpha value is -0.660. The van der Waals surface area contributed by atoms with Crippen LogP contribution in [0.2, 0.25) is 0 Å². The summed E-state index contributed by atoms with van der Waals surface area (Å²) < 4.78 is 0. The largest absolute Gasteiger partial charge is 0.359 e. The molecule has 0 spiro atoms. The Bertz CT molecular complexity index is 446. The lowest BCUT2D eigenvalue weighted by molar-refractivity contribution is 0.257.